The molecule has 0 aliphatic carbocycles. The van der Waals surface area contributed by atoms with E-state index in [1.54, 1.807) is 35.2 Å². The van der Waals surface area contributed by atoms with Crippen LogP contribution in [0.4, 0.5) is 0 Å². The van der Waals surface area contributed by atoms with Crippen molar-refractivity contribution < 1.29 is 0 Å². The summed E-state index contributed by atoms with van der Waals surface area (Å²) in [6.45, 7) is 5.75. The maximum absolute atomic E-state index is 13.2. The van der Waals surface area contributed by atoms with Gasteiger partial charge in [-0.15, -0.1) is 6.58 Å². The van der Waals surface area contributed by atoms with Crippen LogP contribution < -0.4 is 11.2 Å². The number of para-hydroxylation sites is 1. The number of allylic oxidation sites excluding steroid dienone is 1. The van der Waals surface area contributed by atoms with Crippen LogP contribution in [0, 0.1) is 0 Å². The number of benzene rings is 2. The Balaban J connectivity index is 2.09. The summed E-state index contributed by atoms with van der Waals surface area (Å²) in [5.41, 5.74) is 1.19. The van der Waals surface area contributed by atoms with Gasteiger partial charge in [-0.25, -0.2) is 14.3 Å². The third-order valence-electron chi connectivity index (χ3n) is 4.96. The van der Waals surface area contributed by atoms with Crippen molar-refractivity contribution in [1.29, 1.82) is 0 Å². The Bertz CT molecular complexity index is 1320. The molecule has 6 nitrogen and oxygen atoms in total. The molecular weight excluding hydrogens is 388 g/mol. The molecule has 0 N–H and O–H groups in total. The lowest BCUT2D eigenvalue weighted by Crippen LogP contribution is -2.40. The number of aromatic nitrogens is 4. The van der Waals surface area contributed by atoms with Gasteiger partial charge in [-0.3, -0.25) is 9.36 Å². The average Bonchev–Trinajstić information content (AvgIpc) is 3.17. The lowest BCUT2D eigenvalue weighted by molar-refractivity contribution is 0.642. The summed E-state index contributed by atoms with van der Waals surface area (Å²) >= 11 is 6.36. The first kappa shape index (κ1) is 19.0. The summed E-state index contributed by atoms with van der Waals surface area (Å²) in [5, 5.41) is 0.394. The van der Waals surface area contributed by atoms with Crippen LogP contribution in [0.5, 0.6) is 0 Å². The SMILES string of the molecule is C=CCn1c(=O)c2c(ncn2[C@H](C)c2ccccc2)n(-c2ccccc2Cl)c1=O. The van der Waals surface area contributed by atoms with Gasteiger partial charge in [0.15, 0.2) is 11.2 Å². The van der Waals surface area contributed by atoms with E-state index >= 15 is 0 Å². The van der Waals surface area contributed by atoms with E-state index in [2.05, 4.69) is 11.6 Å². The van der Waals surface area contributed by atoms with Gasteiger partial charge < -0.3 is 4.57 Å². The van der Waals surface area contributed by atoms with E-state index in [-0.39, 0.29) is 18.2 Å². The van der Waals surface area contributed by atoms with Crippen LogP contribution in [0.3, 0.4) is 0 Å². The highest BCUT2D eigenvalue weighted by atomic mass is 35.5. The second-order valence-electron chi connectivity index (χ2n) is 6.68. The van der Waals surface area contributed by atoms with E-state index in [4.69, 9.17) is 11.6 Å². The van der Waals surface area contributed by atoms with Crippen molar-refractivity contribution in [3.8, 4) is 5.69 Å². The quantitative estimate of drug-likeness (QED) is 0.473. The summed E-state index contributed by atoms with van der Waals surface area (Å²) in [4.78, 5) is 30.8. The molecule has 2 aromatic heterocycles. The first-order valence-corrected chi connectivity index (χ1v) is 9.55. The minimum absolute atomic E-state index is 0.0863. The number of fused-ring (bicyclic) bond motifs is 1. The van der Waals surface area contributed by atoms with Crippen LogP contribution in [0.2, 0.25) is 5.02 Å². The predicted molar refractivity (Wildman–Crippen MR) is 115 cm³/mol. The summed E-state index contributed by atoms with van der Waals surface area (Å²) in [7, 11) is 0. The van der Waals surface area contributed by atoms with Crippen LogP contribution in [0.25, 0.3) is 16.9 Å². The summed E-state index contributed by atoms with van der Waals surface area (Å²) in [6, 6.07) is 16.6. The molecule has 2 aromatic carbocycles. The molecule has 146 valence electrons. The van der Waals surface area contributed by atoms with Crippen molar-refractivity contribution in [2.24, 2.45) is 0 Å². The van der Waals surface area contributed by atoms with Crippen LogP contribution in [-0.2, 0) is 6.54 Å². The van der Waals surface area contributed by atoms with Gasteiger partial charge in [0.25, 0.3) is 5.56 Å². The number of rotatable bonds is 5. The molecule has 4 rings (SSSR count). The second kappa shape index (κ2) is 7.56. The zero-order valence-corrected chi connectivity index (χ0v) is 16.6. The molecule has 0 saturated carbocycles. The monoisotopic (exact) mass is 406 g/mol. The fraction of sp³-hybridized carbons (Fsp3) is 0.136. The molecule has 0 aliphatic rings. The molecule has 0 fully saturated rings. The van der Waals surface area contributed by atoms with Crippen molar-refractivity contribution in [2.45, 2.75) is 19.5 Å². The lowest BCUT2D eigenvalue weighted by atomic mass is 10.1. The van der Waals surface area contributed by atoms with Crippen LogP contribution in [0.15, 0.2) is 83.2 Å². The lowest BCUT2D eigenvalue weighted by Gasteiger charge is -2.16. The van der Waals surface area contributed by atoms with Crippen molar-refractivity contribution in [3.05, 3.63) is 105 Å². The van der Waals surface area contributed by atoms with Crippen molar-refractivity contribution in [2.75, 3.05) is 0 Å². The molecule has 29 heavy (non-hydrogen) atoms. The van der Waals surface area contributed by atoms with Crippen LogP contribution in [-0.4, -0.2) is 18.7 Å². The molecule has 4 aromatic rings. The number of imidazole rings is 1. The maximum atomic E-state index is 13.2. The maximum Gasteiger partial charge on any atom is 0.337 e. The zero-order valence-electron chi connectivity index (χ0n) is 15.8. The predicted octanol–water partition coefficient (Wildman–Crippen LogP) is 3.80. The average molecular weight is 407 g/mol. The first-order chi connectivity index (χ1) is 14.0. The second-order valence-corrected chi connectivity index (χ2v) is 7.09. The highest BCUT2D eigenvalue weighted by Gasteiger charge is 2.22. The van der Waals surface area contributed by atoms with E-state index in [0.717, 1.165) is 10.1 Å². The van der Waals surface area contributed by atoms with E-state index < -0.39 is 11.2 Å². The molecule has 0 amide bonds. The van der Waals surface area contributed by atoms with Gasteiger partial charge in [-0.05, 0) is 24.6 Å². The highest BCUT2D eigenvalue weighted by Crippen LogP contribution is 2.24. The molecule has 0 unspecified atom stereocenters. The molecule has 7 heteroatoms. The molecule has 0 radical (unpaired) electrons. The summed E-state index contributed by atoms with van der Waals surface area (Å²) in [6.07, 6.45) is 3.11. The Morgan fingerprint density at radius 2 is 1.79 bits per heavy atom. The van der Waals surface area contributed by atoms with E-state index in [1.165, 1.54) is 10.6 Å². The topological polar surface area (TPSA) is 61.8 Å². The fourth-order valence-electron chi connectivity index (χ4n) is 3.47. The molecule has 0 spiro atoms. The van der Waals surface area contributed by atoms with Gasteiger partial charge in [0.05, 0.1) is 23.1 Å². The van der Waals surface area contributed by atoms with E-state index in [9.17, 15) is 9.59 Å². The molecule has 1 atom stereocenters. The Kier molecular flexibility index (Phi) is 4.94. The Morgan fingerprint density at radius 1 is 1.10 bits per heavy atom. The number of hydrogen-bond acceptors (Lipinski definition) is 3. The molecule has 0 saturated heterocycles. The van der Waals surface area contributed by atoms with Crippen molar-refractivity contribution in [1.82, 2.24) is 18.7 Å². The normalized spacial score (nSPS) is 12.2. The van der Waals surface area contributed by atoms with Crippen molar-refractivity contribution in [3.63, 3.8) is 0 Å². The zero-order chi connectivity index (χ0) is 20.5. The Labute approximate surface area is 171 Å². The molecule has 2 heterocycles. The summed E-state index contributed by atoms with van der Waals surface area (Å²) < 4.78 is 4.32. The van der Waals surface area contributed by atoms with Gasteiger partial charge in [0, 0.05) is 6.54 Å². The third kappa shape index (κ3) is 3.11. The molecule has 0 aliphatic heterocycles. The fourth-order valence-corrected chi connectivity index (χ4v) is 3.69. The highest BCUT2D eigenvalue weighted by molar-refractivity contribution is 6.32. The minimum atomic E-state index is -0.506. The smallest absolute Gasteiger partial charge is 0.317 e. The van der Waals surface area contributed by atoms with Crippen LogP contribution >= 0.6 is 11.6 Å². The first-order valence-electron chi connectivity index (χ1n) is 9.17. The largest absolute Gasteiger partial charge is 0.337 e. The standard InChI is InChI=1S/C22H19ClN4O2/c1-3-13-25-21(28)19-20(27(22(25)29)18-12-8-7-11-17(18)23)24-14-26(19)15(2)16-9-5-4-6-10-16/h3-12,14-15H,1,13H2,2H3/t15-/m1/s1. The van der Waals surface area contributed by atoms with Gasteiger partial charge in [0.1, 0.15) is 0 Å². The van der Waals surface area contributed by atoms with Gasteiger partial charge in [-0.1, -0.05) is 60.1 Å². The van der Waals surface area contributed by atoms with Gasteiger partial charge in [0.2, 0.25) is 0 Å². The Hall–Kier alpha value is -3.38. The van der Waals surface area contributed by atoms with Crippen molar-refractivity contribution >= 4 is 22.8 Å². The molecular formula is C22H19ClN4O2. The third-order valence-corrected chi connectivity index (χ3v) is 5.28. The minimum Gasteiger partial charge on any atom is -0.317 e. The van der Waals surface area contributed by atoms with Crippen LogP contribution in [0.1, 0.15) is 18.5 Å². The van der Waals surface area contributed by atoms with E-state index in [0.29, 0.717) is 16.2 Å². The summed E-state index contributed by atoms with van der Waals surface area (Å²) in [5.74, 6) is 0. The number of nitrogens with zero attached hydrogens (tertiary/aromatic N) is 4. The molecule has 0 bridgehead atoms. The van der Waals surface area contributed by atoms with Gasteiger partial charge >= 0.3 is 5.69 Å². The van der Waals surface area contributed by atoms with E-state index in [1.807, 2.05) is 37.3 Å². The Morgan fingerprint density at radius 3 is 2.48 bits per heavy atom. The number of hydrogen-bond donors (Lipinski definition) is 0. The number of halogens is 1. The van der Waals surface area contributed by atoms with Gasteiger partial charge in [-0.2, -0.15) is 0 Å².